The number of aliphatic hydroxyl groups excluding tert-OH is 2. The van der Waals surface area contributed by atoms with Crippen molar-refractivity contribution in [3.63, 3.8) is 0 Å². The van der Waals surface area contributed by atoms with E-state index < -0.39 is 24.1 Å². The number of carboxylic acids is 2. The van der Waals surface area contributed by atoms with Crippen LogP contribution in [0.5, 0.6) is 0 Å². The molecular formula is C8H14MgO6Se2. The Morgan fingerprint density at radius 3 is 1.29 bits per heavy atom. The van der Waals surface area contributed by atoms with E-state index in [-0.39, 0.29) is 53.0 Å². The number of aliphatic hydroxyl groups is 2. The fourth-order valence-corrected chi connectivity index (χ4v) is 2.35. The first-order chi connectivity index (χ1) is 7.36. The molecule has 17 heavy (non-hydrogen) atoms. The third-order valence-corrected chi connectivity index (χ3v) is 3.92. The van der Waals surface area contributed by atoms with Gasteiger partial charge in [-0.1, -0.05) is 0 Å². The molecule has 96 valence electrons. The number of carbonyl (C=O) groups excluding carboxylic acids is 2. The van der Waals surface area contributed by atoms with E-state index in [1.165, 1.54) is 0 Å². The zero-order valence-corrected chi connectivity index (χ0v) is 14.5. The molecule has 0 aromatic heterocycles. The minimum absolute atomic E-state index is 0. The zero-order valence-electron chi connectivity index (χ0n) is 9.62. The van der Waals surface area contributed by atoms with Gasteiger partial charge in [-0.3, -0.25) is 0 Å². The van der Waals surface area contributed by atoms with Crippen molar-refractivity contribution in [2.24, 2.45) is 0 Å². The summed E-state index contributed by atoms with van der Waals surface area (Å²) in [5, 5.41) is 37.1. The van der Waals surface area contributed by atoms with Gasteiger partial charge in [0.15, 0.2) is 0 Å². The van der Waals surface area contributed by atoms with Crippen molar-refractivity contribution >= 4 is 64.9 Å². The molecule has 0 aliphatic rings. The van der Waals surface area contributed by atoms with Crippen LogP contribution in [0.25, 0.3) is 0 Å². The van der Waals surface area contributed by atoms with Crippen molar-refractivity contribution in [3.8, 4) is 0 Å². The van der Waals surface area contributed by atoms with Gasteiger partial charge >= 0.3 is 129 Å². The van der Waals surface area contributed by atoms with Gasteiger partial charge in [-0.05, 0) is 0 Å². The molecule has 0 rings (SSSR count). The van der Waals surface area contributed by atoms with Gasteiger partial charge in [0.05, 0.1) is 0 Å². The molecule has 0 aliphatic heterocycles. The molecule has 6 nitrogen and oxygen atoms in total. The van der Waals surface area contributed by atoms with Gasteiger partial charge in [0.2, 0.25) is 0 Å². The summed E-state index contributed by atoms with van der Waals surface area (Å²) in [6.07, 6.45) is -2.50. The summed E-state index contributed by atoms with van der Waals surface area (Å²) >= 11 is 0.416. The van der Waals surface area contributed by atoms with Crippen LogP contribution in [0.15, 0.2) is 0 Å². The van der Waals surface area contributed by atoms with E-state index in [0.29, 0.717) is 10.6 Å². The van der Waals surface area contributed by atoms with Crippen LogP contribution in [0, 0.1) is 0 Å². The van der Waals surface area contributed by atoms with Crippen molar-refractivity contribution in [1.82, 2.24) is 0 Å². The van der Waals surface area contributed by atoms with Crippen LogP contribution in [0.2, 0.25) is 22.3 Å². The molecule has 2 atom stereocenters. The average molecular weight is 388 g/mol. The largest absolute Gasteiger partial charge is 2.00 e. The average Bonchev–Trinajstić information content (AvgIpc) is 2.19. The second-order valence-corrected chi connectivity index (χ2v) is 6.40. The number of hydrogen-bond donors (Lipinski definition) is 2. The van der Waals surface area contributed by atoms with E-state index in [2.05, 4.69) is 0 Å². The Kier molecular flexibility index (Phi) is 19.8. The summed E-state index contributed by atoms with van der Waals surface area (Å²) in [5.41, 5.74) is 0. The van der Waals surface area contributed by atoms with Crippen LogP contribution >= 0.6 is 0 Å². The minimum atomic E-state index is -1.37. The Bertz CT molecular complexity index is 194. The third kappa shape index (κ3) is 16.7. The summed E-state index contributed by atoms with van der Waals surface area (Å²) in [6.45, 7) is 0. The van der Waals surface area contributed by atoms with Crippen molar-refractivity contribution in [2.75, 3.05) is 0 Å². The van der Waals surface area contributed by atoms with Crippen molar-refractivity contribution in [1.29, 1.82) is 0 Å². The van der Waals surface area contributed by atoms with Crippen molar-refractivity contribution < 1.29 is 30.0 Å². The number of hydrogen-bond acceptors (Lipinski definition) is 6. The predicted molar refractivity (Wildman–Crippen MR) is 60.6 cm³/mol. The Hall–Kier alpha value is 0.665. The summed E-state index contributed by atoms with van der Waals surface area (Å²) in [7, 11) is 0. The molecule has 0 amide bonds. The topological polar surface area (TPSA) is 121 Å². The normalized spacial score (nSPS) is 12.5. The second-order valence-electron chi connectivity index (χ2n) is 2.58. The van der Waals surface area contributed by atoms with E-state index in [0.717, 1.165) is 0 Å². The molecule has 2 N–H and O–H groups in total. The summed E-state index contributed by atoms with van der Waals surface area (Å²) in [5.74, 6) is 0.987. The van der Waals surface area contributed by atoms with E-state index in [4.69, 9.17) is 10.2 Å². The van der Waals surface area contributed by atoms with Gasteiger partial charge in [-0.15, -0.1) is 0 Å². The van der Waals surface area contributed by atoms with Crippen LogP contribution in [0.1, 0.15) is 0 Å². The van der Waals surface area contributed by atoms with Gasteiger partial charge in [0.25, 0.3) is 0 Å². The van der Waals surface area contributed by atoms with E-state index in [1.807, 2.05) is 11.6 Å². The molecule has 0 heterocycles. The first-order valence-corrected chi connectivity index (χ1v) is 9.97. The summed E-state index contributed by atoms with van der Waals surface area (Å²) < 4.78 is 0. The zero-order chi connectivity index (χ0) is 13.1. The minimum Gasteiger partial charge on any atom is 2.00 e. The molecule has 0 saturated carbocycles. The first kappa shape index (κ1) is 22.8. The van der Waals surface area contributed by atoms with Crippen LogP contribution in [-0.4, -0.2) is 87.3 Å². The summed E-state index contributed by atoms with van der Waals surface area (Å²) in [6, 6.07) is 0. The van der Waals surface area contributed by atoms with Gasteiger partial charge in [0, 0.05) is 0 Å². The maximum absolute atomic E-state index is 9.74. The summed E-state index contributed by atoms with van der Waals surface area (Å²) in [4.78, 5) is 19.5. The number of rotatable bonds is 6. The van der Waals surface area contributed by atoms with Crippen LogP contribution in [0.3, 0.4) is 0 Å². The molecule has 0 aromatic rings. The number of aliphatic carboxylic acids is 2. The first-order valence-electron chi connectivity index (χ1n) is 4.12. The molecule has 0 saturated heterocycles. The molecule has 9 heteroatoms. The van der Waals surface area contributed by atoms with Crippen LogP contribution < -0.4 is 10.2 Å². The fraction of sp³-hybridized carbons (Fsp3) is 0.750. The second kappa shape index (κ2) is 14.7. The molecule has 0 aromatic carbocycles. The van der Waals surface area contributed by atoms with Gasteiger partial charge in [-0.2, -0.15) is 0 Å². The standard InChI is InChI=1S/2C4H8O3Se.Mg/c2*1-8-2-3(5)4(6)7;/h2*3,5H,2H2,1H3,(H,6,7);/q;;+2/p-2. The maximum Gasteiger partial charge on any atom is 2.00 e. The number of carbonyl (C=O) groups is 2. The fourth-order valence-electron chi connectivity index (χ4n) is 0.452. The molecular weight excluding hydrogens is 374 g/mol. The molecule has 0 fully saturated rings. The molecule has 0 radical (unpaired) electrons. The monoisotopic (exact) mass is 390 g/mol. The maximum atomic E-state index is 9.74. The third-order valence-electron chi connectivity index (χ3n) is 1.19. The van der Waals surface area contributed by atoms with Crippen molar-refractivity contribution in [3.05, 3.63) is 0 Å². The van der Waals surface area contributed by atoms with Crippen LogP contribution in [0.4, 0.5) is 0 Å². The van der Waals surface area contributed by atoms with Gasteiger partial charge < -0.3 is 0 Å². The van der Waals surface area contributed by atoms with E-state index in [9.17, 15) is 19.8 Å². The Labute approximate surface area is 129 Å². The molecule has 2 unspecified atom stereocenters. The molecule has 0 aliphatic carbocycles. The van der Waals surface area contributed by atoms with Crippen molar-refractivity contribution in [2.45, 2.75) is 34.5 Å². The van der Waals surface area contributed by atoms with E-state index >= 15 is 0 Å². The van der Waals surface area contributed by atoms with Crippen LogP contribution in [-0.2, 0) is 9.59 Å². The smallest absolute Gasteiger partial charge is 2.00 e. The SMILES string of the molecule is C[Se]CC(O)C(=O)[O-].C[Se]CC(O)C(=O)[O-].[Mg+2]. The Morgan fingerprint density at radius 1 is 1.00 bits per heavy atom. The van der Waals surface area contributed by atoms with Gasteiger partial charge in [0.1, 0.15) is 0 Å². The van der Waals surface area contributed by atoms with E-state index in [1.54, 1.807) is 0 Å². The van der Waals surface area contributed by atoms with Gasteiger partial charge in [-0.25, -0.2) is 0 Å². The quantitative estimate of drug-likeness (QED) is 0.450. The molecule has 0 bridgehead atoms. The Balaban J connectivity index is -0.000000218. The Morgan fingerprint density at radius 2 is 1.24 bits per heavy atom. The molecule has 0 spiro atoms. The number of carboxylic acid groups (broad SMARTS) is 2. The predicted octanol–water partition coefficient (Wildman–Crippen LogP) is -3.85.